The van der Waals surface area contributed by atoms with Gasteiger partial charge in [0.1, 0.15) is 0 Å². The third-order valence-electron chi connectivity index (χ3n) is 2.44. The van der Waals surface area contributed by atoms with Crippen LogP contribution in [0.2, 0.25) is 0 Å². The fourth-order valence-corrected chi connectivity index (χ4v) is 2.77. The van der Waals surface area contributed by atoms with Crippen molar-refractivity contribution in [2.45, 2.75) is 16.7 Å². The molecule has 18 heavy (non-hydrogen) atoms. The van der Waals surface area contributed by atoms with Gasteiger partial charge in [-0.1, -0.05) is 12.1 Å². The first-order chi connectivity index (χ1) is 7.75. The van der Waals surface area contributed by atoms with E-state index in [9.17, 15) is 13.2 Å². The highest BCUT2D eigenvalue weighted by atomic mass is 35.5. The van der Waals surface area contributed by atoms with Gasteiger partial charge in [-0.25, -0.2) is 13.2 Å². The van der Waals surface area contributed by atoms with Crippen LogP contribution < -0.4 is 11.5 Å². The predicted octanol–water partition coefficient (Wildman–Crippen LogP) is -0.111. The molecular weight excluding hydrogens is 280 g/mol. The normalized spacial score (nSPS) is 14.4. The Kier molecular flexibility index (Phi) is 5.30. The van der Waals surface area contributed by atoms with E-state index in [0.29, 0.717) is 5.56 Å². The number of carboxylic acid groups (broad SMARTS) is 1. The van der Waals surface area contributed by atoms with E-state index in [1.165, 1.54) is 18.2 Å². The highest BCUT2D eigenvalue weighted by Crippen LogP contribution is 2.22. The lowest BCUT2D eigenvalue weighted by molar-refractivity contribution is -0.139. The third-order valence-corrected chi connectivity index (χ3v) is 4.62. The fourth-order valence-electron chi connectivity index (χ4n) is 1.30. The summed E-state index contributed by atoms with van der Waals surface area (Å²) in [6.45, 7) is 0.999. The largest absolute Gasteiger partial charge is 0.479 e. The van der Waals surface area contributed by atoms with Crippen LogP contribution in [0.3, 0.4) is 0 Å². The molecule has 1 atom stereocenters. The molecule has 1 rings (SSSR count). The maximum atomic E-state index is 12.1. The number of aryl methyl sites for hydroxylation is 1. The summed E-state index contributed by atoms with van der Waals surface area (Å²) in [6.07, 6.45) is 0. The number of carbonyl (C=O) groups is 1. The van der Waals surface area contributed by atoms with Gasteiger partial charge in [-0.15, -0.1) is 12.4 Å². The van der Waals surface area contributed by atoms with Gasteiger partial charge in [-0.2, -0.15) is 0 Å². The predicted molar refractivity (Wildman–Crippen MR) is 69.2 cm³/mol. The highest BCUT2D eigenvalue weighted by Gasteiger charge is 2.47. The summed E-state index contributed by atoms with van der Waals surface area (Å²) in [5.74, 6) is -1.67. The van der Waals surface area contributed by atoms with E-state index >= 15 is 0 Å². The maximum Gasteiger partial charge on any atom is 0.341 e. The molecule has 6 nitrogen and oxygen atoms in total. The zero-order valence-electron chi connectivity index (χ0n) is 9.66. The van der Waals surface area contributed by atoms with E-state index in [4.69, 9.17) is 16.6 Å². The SMILES string of the molecule is Cc1cccc(S(=O)(=O)C(N)(CN)C(=O)O)c1.Cl. The average molecular weight is 295 g/mol. The van der Waals surface area contributed by atoms with Crippen LogP contribution in [0.5, 0.6) is 0 Å². The number of benzene rings is 1. The molecule has 5 N–H and O–H groups in total. The van der Waals surface area contributed by atoms with Crippen molar-refractivity contribution in [2.24, 2.45) is 11.5 Å². The molecule has 1 unspecified atom stereocenters. The number of aliphatic carboxylic acids is 1. The van der Waals surface area contributed by atoms with E-state index in [1.54, 1.807) is 13.0 Å². The smallest absolute Gasteiger partial charge is 0.341 e. The lowest BCUT2D eigenvalue weighted by Gasteiger charge is -2.22. The molecule has 1 aromatic rings. The van der Waals surface area contributed by atoms with Gasteiger partial charge in [-0.05, 0) is 24.6 Å². The van der Waals surface area contributed by atoms with Crippen molar-refractivity contribution in [1.29, 1.82) is 0 Å². The van der Waals surface area contributed by atoms with Crippen LogP contribution in [-0.4, -0.2) is 30.9 Å². The van der Waals surface area contributed by atoms with Gasteiger partial charge >= 0.3 is 5.97 Å². The molecule has 0 aliphatic carbocycles. The van der Waals surface area contributed by atoms with Gasteiger partial charge in [-0.3, -0.25) is 0 Å². The van der Waals surface area contributed by atoms with E-state index in [2.05, 4.69) is 0 Å². The summed E-state index contributed by atoms with van der Waals surface area (Å²) in [7, 11) is -4.22. The van der Waals surface area contributed by atoms with Crippen molar-refractivity contribution in [3.05, 3.63) is 29.8 Å². The molecule has 0 radical (unpaired) electrons. The van der Waals surface area contributed by atoms with Crippen LogP contribution in [0.4, 0.5) is 0 Å². The Morgan fingerprint density at radius 3 is 2.39 bits per heavy atom. The first-order valence-electron chi connectivity index (χ1n) is 4.79. The molecule has 0 saturated carbocycles. The lowest BCUT2D eigenvalue weighted by atomic mass is 10.2. The second-order valence-corrected chi connectivity index (χ2v) is 5.93. The molecule has 0 bridgehead atoms. The quantitative estimate of drug-likeness (QED) is 0.712. The van der Waals surface area contributed by atoms with Crippen LogP contribution in [0.25, 0.3) is 0 Å². The molecule has 0 saturated heterocycles. The molecule has 1 aromatic carbocycles. The number of carboxylic acids is 1. The summed E-state index contributed by atoms with van der Waals surface area (Å²) in [5, 5.41) is 8.91. The molecule has 0 fully saturated rings. The fraction of sp³-hybridized carbons (Fsp3) is 0.300. The second-order valence-electron chi connectivity index (χ2n) is 3.72. The van der Waals surface area contributed by atoms with E-state index in [-0.39, 0.29) is 17.3 Å². The Morgan fingerprint density at radius 2 is 2.00 bits per heavy atom. The number of halogens is 1. The second kappa shape index (κ2) is 5.66. The van der Waals surface area contributed by atoms with Crippen molar-refractivity contribution >= 4 is 28.2 Å². The Balaban J connectivity index is 0.00000289. The molecule has 8 heteroatoms. The lowest BCUT2D eigenvalue weighted by Crippen LogP contribution is -2.59. The van der Waals surface area contributed by atoms with Gasteiger partial charge in [0.05, 0.1) is 4.90 Å². The topological polar surface area (TPSA) is 123 Å². The van der Waals surface area contributed by atoms with E-state index < -0.39 is 27.2 Å². The van der Waals surface area contributed by atoms with Crippen LogP contribution in [-0.2, 0) is 14.6 Å². The maximum absolute atomic E-state index is 12.1. The minimum atomic E-state index is -4.22. The number of rotatable bonds is 4. The van der Waals surface area contributed by atoms with Gasteiger partial charge in [0.25, 0.3) is 0 Å². The number of sulfone groups is 1. The van der Waals surface area contributed by atoms with E-state index in [1.807, 2.05) is 0 Å². The molecule has 102 valence electrons. The monoisotopic (exact) mass is 294 g/mol. The first-order valence-corrected chi connectivity index (χ1v) is 6.27. The first kappa shape index (κ1) is 16.9. The number of nitrogens with two attached hydrogens (primary N) is 2. The Bertz CT molecular complexity index is 547. The molecule has 0 spiro atoms. The van der Waals surface area contributed by atoms with Crippen LogP contribution in [0, 0.1) is 6.92 Å². The van der Waals surface area contributed by atoms with Gasteiger partial charge < -0.3 is 16.6 Å². The van der Waals surface area contributed by atoms with Crippen LogP contribution in [0.1, 0.15) is 5.56 Å². The molecule has 0 aliphatic rings. The van der Waals surface area contributed by atoms with Crippen molar-refractivity contribution in [1.82, 2.24) is 0 Å². The summed E-state index contributed by atoms with van der Waals surface area (Å²) in [6, 6.07) is 5.86. The van der Waals surface area contributed by atoms with Crippen LogP contribution in [0.15, 0.2) is 29.2 Å². The Labute approximate surface area is 111 Å². The Hall–Kier alpha value is -1.15. The van der Waals surface area contributed by atoms with E-state index in [0.717, 1.165) is 0 Å². The highest BCUT2D eigenvalue weighted by molar-refractivity contribution is 7.93. The molecule has 0 amide bonds. The molecule has 0 aliphatic heterocycles. The van der Waals surface area contributed by atoms with Crippen molar-refractivity contribution in [3.63, 3.8) is 0 Å². The summed E-state index contributed by atoms with van der Waals surface area (Å²) >= 11 is 0. The zero-order valence-corrected chi connectivity index (χ0v) is 11.3. The third kappa shape index (κ3) is 2.64. The minimum absolute atomic E-state index is 0. The van der Waals surface area contributed by atoms with Crippen molar-refractivity contribution in [2.75, 3.05) is 6.54 Å². The van der Waals surface area contributed by atoms with Crippen molar-refractivity contribution in [3.8, 4) is 0 Å². The molecule has 0 aromatic heterocycles. The molecule has 0 heterocycles. The van der Waals surface area contributed by atoms with Crippen LogP contribution >= 0.6 is 12.4 Å². The summed E-state index contributed by atoms with van der Waals surface area (Å²) in [5.41, 5.74) is 11.3. The standard InChI is InChI=1S/C10H14N2O4S.ClH/c1-7-3-2-4-8(5-7)17(15,16)10(12,6-11)9(13)14;/h2-5H,6,11-12H2,1H3,(H,13,14);1H. The Morgan fingerprint density at radius 1 is 1.44 bits per heavy atom. The zero-order chi connectivity index (χ0) is 13.3. The average Bonchev–Trinajstić information content (AvgIpc) is 2.27. The summed E-state index contributed by atoms with van der Waals surface area (Å²) < 4.78 is 24.2. The van der Waals surface area contributed by atoms with Gasteiger partial charge in [0.2, 0.25) is 14.7 Å². The molecular formula is C10H15ClN2O4S. The summed E-state index contributed by atoms with van der Waals surface area (Å²) in [4.78, 5) is 8.33. The van der Waals surface area contributed by atoms with Gasteiger partial charge in [0.15, 0.2) is 0 Å². The number of hydrogen-bond donors (Lipinski definition) is 3. The number of hydrogen-bond acceptors (Lipinski definition) is 5. The minimum Gasteiger partial charge on any atom is -0.479 e. The van der Waals surface area contributed by atoms with Gasteiger partial charge in [0, 0.05) is 6.54 Å². The van der Waals surface area contributed by atoms with Crippen molar-refractivity contribution < 1.29 is 18.3 Å².